The fourth-order valence-corrected chi connectivity index (χ4v) is 4.45. The molecule has 2 aromatic carbocycles. The molecule has 0 aromatic heterocycles. The Hall–Kier alpha value is -2.40. The SMILES string of the molecule is C=C/C=C(/C)C=C.C=C/C=C(\CC)CCC.CC.CC.CC.CCC(C)(C)POc1ccccc1-c1ccccc1OPC(C)(C)C. The Morgan fingerprint density at radius 3 is 1.43 bits per heavy atom. The van der Waals surface area contributed by atoms with E-state index in [9.17, 15) is 0 Å². The van der Waals surface area contributed by atoms with Crippen LogP contribution in [0.25, 0.3) is 11.1 Å². The molecule has 0 aliphatic carbocycles. The minimum absolute atomic E-state index is 0.148. The number of hydrogen-bond acceptors (Lipinski definition) is 2. The van der Waals surface area contributed by atoms with Crippen molar-refractivity contribution < 1.29 is 9.05 Å². The van der Waals surface area contributed by atoms with E-state index in [1.165, 1.54) is 24.8 Å². The summed E-state index contributed by atoms with van der Waals surface area (Å²) in [5.41, 5.74) is 4.84. The summed E-state index contributed by atoms with van der Waals surface area (Å²) in [6, 6.07) is 16.5. The highest BCUT2D eigenvalue weighted by Gasteiger charge is 2.19. The zero-order valence-corrected chi connectivity index (χ0v) is 35.3. The summed E-state index contributed by atoms with van der Waals surface area (Å²) in [6.45, 7) is 42.4. The van der Waals surface area contributed by atoms with E-state index >= 15 is 0 Å². The molecular formula is C43H74O2P2. The first kappa shape index (κ1) is 51.4. The molecule has 2 unspecified atom stereocenters. The summed E-state index contributed by atoms with van der Waals surface area (Å²) in [7, 11) is 0.837. The third kappa shape index (κ3) is 28.3. The van der Waals surface area contributed by atoms with E-state index < -0.39 is 0 Å². The highest BCUT2D eigenvalue weighted by Crippen LogP contribution is 2.44. The lowest BCUT2D eigenvalue weighted by Gasteiger charge is -2.24. The molecule has 2 atom stereocenters. The van der Waals surface area contributed by atoms with Gasteiger partial charge in [-0.15, -0.1) is 0 Å². The molecule has 0 N–H and O–H groups in total. The minimum Gasteiger partial charge on any atom is -0.476 e. The molecule has 2 nitrogen and oxygen atoms in total. The predicted molar refractivity (Wildman–Crippen MR) is 226 cm³/mol. The molecule has 268 valence electrons. The molecule has 2 aromatic rings. The number of allylic oxidation sites excluding steroid dienone is 7. The van der Waals surface area contributed by atoms with Gasteiger partial charge in [0, 0.05) is 21.4 Å². The summed E-state index contributed by atoms with van der Waals surface area (Å²) in [5, 5.41) is 0.340. The first-order chi connectivity index (χ1) is 22.4. The van der Waals surface area contributed by atoms with E-state index in [4.69, 9.17) is 9.05 Å². The molecule has 0 saturated carbocycles. The van der Waals surface area contributed by atoms with Gasteiger partial charge in [0.1, 0.15) is 11.5 Å². The Morgan fingerprint density at radius 1 is 0.681 bits per heavy atom. The molecule has 47 heavy (non-hydrogen) atoms. The Morgan fingerprint density at radius 2 is 1.11 bits per heavy atom. The number of hydrogen-bond donors (Lipinski definition) is 0. The van der Waals surface area contributed by atoms with Crippen LogP contribution in [0.4, 0.5) is 0 Å². The summed E-state index contributed by atoms with van der Waals surface area (Å²) in [6.07, 6.45) is 14.2. The first-order valence-electron chi connectivity index (χ1n) is 17.7. The molecular weight excluding hydrogens is 610 g/mol. The van der Waals surface area contributed by atoms with Gasteiger partial charge in [0.05, 0.1) is 17.6 Å². The van der Waals surface area contributed by atoms with Crippen LogP contribution < -0.4 is 9.05 Å². The largest absolute Gasteiger partial charge is 0.476 e. The average molecular weight is 685 g/mol. The zero-order valence-electron chi connectivity index (χ0n) is 33.3. The van der Waals surface area contributed by atoms with Crippen LogP contribution in [0.15, 0.2) is 110 Å². The molecule has 0 fully saturated rings. The normalized spacial score (nSPS) is 11.1. The second-order valence-electron chi connectivity index (χ2n) is 11.4. The quantitative estimate of drug-likeness (QED) is 0.154. The van der Waals surface area contributed by atoms with E-state index in [1.807, 2.05) is 78.8 Å². The Labute approximate surface area is 298 Å². The van der Waals surface area contributed by atoms with Gasteiger partial charge in [-0.25, -0.2) is 0 Å². The van der Waals surface area contributed by atoms with Crippen LogP contribution in [-0.2, 0) is 0 Å². The fraction of sp³-hybridized carbons (Fsp3) is 0.488. The molecule has 0 heterocycles. The van der Waals surface area contributed by atoms with E-state index in [2.05, 4.69) is 112 Å². The maximum absolute atomic E-state index is 6.22. The van der Waals surface area contributed by atoms with Crippen molar-refractivity contribution in [2.75, 3.05) is 0 Å². The van der Waals surface area contributed by atoms with Crippen LogP contribution in [0.5, 0.6) is 11.5 Å². The van der Waals surface area contributed by atoms with Crippen LogP contribution in [0, 0.1) is 0 Å². The summed E-state index contributed by atoms with van der Waals surface area (Å²) in [5.74, 6) is 1.85. The van der Waals surface area contributed by atoms with E-state index in [0.29, 0.717) is 17.6 Å². The predicted octanol–water partition coefficient (Wildman–Crippen LogP) is 16.0. The summed E-state index contributed by atoms with van der Waals surface area (Å²) >= 11 is 0. The number of benzene rings is 2. The van der Waals surface area contributed by atoms with Crippen LogP contribution >= 0.6 is 17.6 Å². The van der Waals surface area contributed by atoms with Crippen molar-refractivity contribution in [3.8, 4) is 22.6 Å². The van der Waals surface area contributed by atoms with Crippen LogP contribution in [0.2, 0.25) is 0 Å². The Balaban J connectivity index is -0.000000346. The van der Waals surface area contributed by atoms with Crippen molar-refractivity contribution in [2.24, 2.45) is 0 Å². The molecule has 2 rings (SSSR count). The van der Waals surface area contributed by atoms with Gasteiger partial charge < -0.3 is 9.05 Å². The molecule has 0 saturated heterocycles. The summed E-state index contributed by atoms with van der Waals surface area (Å²) < 4.78 is 12.4. The first-order valence-corrected chi connectivity index (χ1v) is 19.5. The van der Waals surface area contributed by atoms with Crippen molar-refractivity contribution in [2.45, 2.75) is 140 Å². The smallest absolute Gasteiger partial charge is 0.130 e. The van der Waals surface area contributed by atoms with Gasteiger partial charge in [-0.2, -0.15) is 0 Å². The van der Waals surface area contributed by atoms with Gasteiger partial charge in [0.25, 0.3) is 0 Å². The lowest BCUT2D eigenvalue weighted by atomic mass is 10.0. The van der Waals surface area contributed by atoms with Crippen molar-refractivity contribution in [3.05, 3.63) is 110 Å². The lowest BCUT2D eigenvalue weighted by molar-refractivity contribution is 0.569. The molecule has 0 aliphatic heterocycles. The van der Waals surface area contributed by atoms with E-state index in [0.717, 1.165) is 34.6 Å². The van der Waals surface area contributed by atoms with Crippen molar-refractivity contribution in [3.63, 3.8) is 0 Å². The van der Waals surface area contributed by atoms with Crippen LogP contribution in [-0.4, -0.2) is 10.3 Å². The Bertz CT molecular complexity index is 1100. The Kier molecular flexibility index (Phi) is 36.7. The fourth-order valence-electron chi connectivity index (χ4n) is 3.15. The van der Waals surface area contributed by atoms with E-state index in [-0.39, 0.29) is 10.3 Å². The van der Waals surface area contributed by atoms with Crippen LogP contribution in [0.1, 0.15) is 130 Å². The molecule has 0 bridgehead atoms. The molecule has 0 radical (unpaired) electrons. The minimum atomic E-state index is 0.148. The standard InChI is InChI=1S/C21H30O2P2.C9H16.C7H10.3C2H6/c1-7-21(5,6)25-23-19-15-11-9-13-17(19)16-12-8-10-14-18(16)22-24-20(2,3)4;1-4-7-9(6-3)8-5-2;1-4-6-7(3)5-2;3*1-2/h8-15,24-25H,7H2,1-6H3;4,7H,1,5-6,8H2,2-3H3;4-6H,1-2H2,3H3;3*1-2H3/b;9-7+;7-6-;;;. The molecule has 0 spiro atoms. The second kappa shape index (κ2) is 33.5. The van der Waals surface area contributed by atoms with Gasteiger partial charge in [-0.3, -0.25) is 0 Å². The monoisotopic (exact) mass is 685 g/mol. The highest BCUT2D eigenvalue weighted by atomic mass is 31.1. The highest BCUT2D eigenvalue weighted by molar-refractivity contribution is 7.35. The molecule has 0 aliphatic rings. The third-order valence-corrected chi connectivity index (χ3v) is 8.10. The lowest BCUT2D eigenvalue weighted by Crippen LogP contribution is -2.11. The van der Waals surface area contributed by atoms with Crippen molar-refractivity contribution in [1.82, 2.24) is 0 Å². The van der Waals surface area contributed by atoms with Gasteiger partial charge in [-0.05, 0) is 38.3 Å². The van der Waals surface area contributed by atoms with E-state index in [1.54, 1.807) is 12.2 Å². The van der Waals surface area contributed by atoms with Gasteiger partial charge in [0.2, 0.25) is 0 Å². The maximum atomic E-state index is 6.22. The van der Waals surface area contributed by atoms with Gasteiger partial charge in [0.15, 0.2) is 0 Å². The van der Waals surface area contributed by atoms with Crippen molar-refractivity contribution in [1.29, 1.82) is 0 Å². The molecule has 4 heteroatoms. The average Bonchev–Trinajstić information content (AvgIpc) is 3.09. The van der Waals surface area contributed by atoms with Crippen LogP contribution in [0.3, 0.4) is 0 Å². The summed E-state index contributed by atoms with van der Waals surface area (Å²) in [4.78, 5) is 0. The topological polar surface area (TPSA) is 18.5 Å². The molecule has 0 amide bonds. The maximum Gasteiger partial charge on any atom is 0.130 e. The number of para-hydroxylation sites is 2. The third-order valence-electron chi connectivity index (χ3n) is 5.93. The van der Waals surface area contributed by atoms with Gasteiger partial charge in [-0.1, -0.05) is 201 Å². The second-order valence-corrected chi connectivity index (χ2v) is 15.1. The van der Waals surface area contributed by atoms with Crippen molar-refractivity contribution >= 4 is 17.6 Å². The number of rotatable bonds is 13. The van der Waals surface area contributed by atoms with Gasteiger partial charge >= 0.3 is 0 Å². The zero-order chi connectivity index (χ0) is 37.3.